The summed E-state index contributed by atoms with van der Waals surface area (Å²) in [5.74, 6) is 0.149. The van der Waals surface area contributed by atoms with Gasteiger partial charge in [0.2, 0.25) is 5.91 Å². The first-order valence-electron chi connectivity index (χ1n) is 4.29. The van der Waals surface area contributed by atoms with Crippen molar-refractivity contribution >= 4 is 17.5 Å². The number of aryl methyl sites for hydroxylation is 2. The Hall–Kier alpha value is -1.65. The average molecular weight is 195 g/mol. The first-order chi connectivity index (χ1) is 6.49. The Morgan fingerprint density at radius 2 is 2.21 bits per heavy atom. The second kappa shape index (κ2) is 4.04. The van der Waals surface area contributed by atoms with Gasteiger partial charge in [0.1, 0.15) is 11.6 Å². The predicted molar refractivity (Wildman–Crippen MR) is 51.9 cm³/mol. The molecule has 5 heteroatoms. The highest BCUT2D eigenvalue weighted by molar-refractivity contribution is 6.03. The molecule has 5 nitrogen and oxygen atoms in total. The van der Waals surface area contributed by atoms with Crippen molar-refractivity contribution in [3.8, 4) is 0 Å². The lowest BCUT2D eigenvalue weighted by Crippen LogP contribution is -2.16. The van der Waals surface area contributed by atoms with Crippen molar-refractivity contribution in [2.75, 3.05) is 5.32 Å². The molecular weight excluding hydrogens is 182 g/mol. The number of amides is 1. The molecule has 0 saturated carbocycles. The van der Waals surface area contributed by atoms with Gasteiger partial charge in [0.05, 0.1) is 12.1 Å². The van der Waals surface area contributed by atoms with Gasteiger partial charge in [0, 0.05) is 13.1 Å². The number of hydrogen-bond acceptors (Lipinski definition) is 3. The van der Waals surface area contributed by atoms with E-state index in [0.717, 1.165) is 5.69 Å². The topological polar surface area (TPSA) is 64.0 Å². The number of anilines is 1. The lowest BCUT2D eigenvalue weighted by atomic mass is 10.3. The van der Waals surface area contributed by atoms with Crippen LogP contribution < -0.4 is 5.32 Å². The van der Waals surface area contributed by atoms with E-state index in [-0.39, 0.29) is 18.1 Å². The Labute approximate surface area is 82.1 Å². The van der Waals surface area contributed by atoms with E-state index >= 15 is 0 Å². The van der Waals surface area contributed by atoms with E-state index in [1.807, 2.05) is 6.92 Å². The van der Waals surface area contributed by atoms with Gasteiger partial charge in [-0.15, -0.1) is 0 Å². The van der Waals surface area contributed by atoms with E-state index in [0.29, 0.717) is 5.82 Å². The summed E-state index contributed by atoms with van der Waals surface area (Å²) in [6.45, 7) is 3.22. The number of aromatic nitrogens is 2. The first-order valence-corrected chi connectivity index (χ1v) is 4.29. The highest BCUT2D eigenvalue weighted by Gasteiger charge is 2.08. The molecule has 1 amide bonds. The third kappa shape index (κ3) is 2.69. The summed E-state index contributed by atoms with van der Waals surface area (Å²) in [5, 5.41) is 6.66. The summed E-state index contributed by atoms with van der Waals surface area (Å²) in [6, 6.07) is 1.75. The monoisotopic (exact) mass is 195 g/mol. The lowest BCUT2D eigenvalue weighted by Gasteiger charge is -2.02. The Bertz CT molecular complexity index is 368. The summed E-state index contributed by atoms with van der Waals surface area (Å²) in [6.07, 6.45) is -0.0930. The maximum Gasteiger partial charge on any atom is 0.232 e. The molecule has 0 radical (unpaired) electrons. The van der Waals surface area contributed by atoms with Crippen LogP contribution in [0.4, 0.5) is 5.82 Å². The van der Waals surface area contributed by atoms with Crippen molar-refractivity contribution in [1.82, 2.24) is 9.78 Å². The zero-order valence-corrected chi connectivity index (χ0v) is 8.50. The van der Waals surface area contributed by atoms with Gasteiger partial charge in [-0.1, -0.05) is 0 Å². The minimum absolute atomic E-state index is 0.0930. The molecule has 0 fully saturated rings. The van der Waals surface area contributed by atoms with Crippen molar-refractivity contribution in [1.29, 1.82) is 0 Å². The van der Waals surface area contributed by atoms with Crippen molar-refractivity contribution < 1.29 is 9.59 Å². The van der Waals surface area contributed by atoms with Crippen LogP contribution >= 0.6 is 0 Å². The third-order valence-corrected chi connectivity index (χ3v) is 1.68. The molecule has 0 aliphatic carbocycles. The minimum Gasteiger partial charge on any atom is -0.311 e. The van der Waals surface area contributed by atoms with Crippen LogP contribution in [0.5, 0.6) is 0 Å². The van der Waals surface area contributed by atoms with Crippen LogP contribution in [0.1, 0.15) is 19.0 Å². The molecule has 0 atom stereocenters. The van der Waals surface area contributed by atoms with E-state index in [2.05, 4.69) is 10.4 Å². The second-order valence-corrected chi connectivity index (χ2v) is 3.22. The fraction of sp³-hybridized carbons (Fsp3) is 0.444. The lowest BCUT2D eigenvalue weighted by molar-refractivity contribution is -0.124. The molecule has 1 N–H and O–H groups in total. The molecule has 1 aromatic heterocycles. The number of hydrogen-bond donors (Lipinski definition) is 1. The smallest absolute Gasteiger partial charge is 0.232 e. The summed E-state index contributed by atoms with van der Waals surface area (Å²) < 4.78 is 1.56. The van der Waals surface area contributed by atoms with Gasteiger partial charge >= 0.3 is 0 Å². The number of nitrogens with zero attached hydrogens (tertiary/aromatic N) is 2. The van der Waals surface area contributed by atoms with Crippen molar-refractivity contribution in [2.24, 2.45) is 7.05 Å². The molecule has 1 rings (SSSR count). The summed E-state index contributed by atoms with van der Waals surface area (Å²) in [5.41, 5.74) is 0.825. The fourth-order valence-corrected chi connectivity index (χ4v) is 1.14. The number of Topliss-reactive ketones (excluding diaryl/α,β-unsaturated/α-hetero) is 1. The quantitative estimate of drug-likeness (QED) is 0.720. The SMILES string of the molecule is CC(=O)CC(=O)Nc1cc(C)nn1C. The first kappa shape index (κ1) is 10.4. The molecule has 0 bridgehead atoms. The van der Waals surface area contributed by atoms with E-state index < -0.39 is 0 Å². The summed E-state index contributed by atoms with van der Waals surface area (Å²) >= 11 is 0. The molecule has 76 valence electrons. The van der Waals surface area contributed by atoms with Crippen LogP contribution in [0.3, 0.4) is 0 Å². The third-order valence-electron chi connectivity index (χ3n) is 1.68. The molecule has 1 aromatic rings. The highest BCUT2D eigenvalue weighted by Crippen LogP contribution is 2.07. The van der Waals surface area contributed by atoms with E-state index in [1.54, 1.807) is 17.8 Å². The van der Waals surface area contributed by atoms with Crippen LogP contribution in [0.25, 0.3) is 0 Å². The van der Waals surface area contributed by atoms with Crippen LogP contribution in [-0.2, 0) is 16.6 Å². The Balaban J connectivity index is 2.64. The van der Waals surface area contributed by atoms with Crippen LogP contribution in [-0.4, -0.2) is 21.5 Å². The molecule has 1 heterocycles. The van der Waals surface area contributed by atoms with Gasteiger partial charge < -0.3 is 5.32 Å². The fourth-order valence-electron chi connectivity index (χ4n) is 1.14. The second-order valence-electron chi connectivity index (χ2n) is 3.22. The Morgan fingerprint density at radius 1 is 1.57 bits per heavy atom. The molecule has 0 saturated heterocycles. The maximum atomic E-state index is 11.2. The van der Waals surface area contributed by atoms with Gasteiger partial charge in [-0.05, 0) is 13.8 Å². The molecule has 0 aliphatic heterocycles. The summed E-state index contributed by atoms with van der Waals surface area (Å²) in [4.78, 5) is 21.9. The van der Waals surface area contributed by atoms with Crippen molar-refractivity contribution in [3.05, 3.63) is 11.8 Å². The molecule has 0 aromatic carbocycles. The molecule has 14 heavy (non-hydrogen) atoms. The van der Waals surface area contributed by atoms with Gasteiger partial charge in [0.15, 0.2) is 0 Å². The van der Waals surface area contributed by atoms with E-state index in [1.165, 1.54) is 6.92 Å². The predicted octanol–water partition coefficient (Wildman–Crippen LogP) is 0.646. The van der Waals surface area contributed by atoms with Crippen LogP contribution in [0.15, 0.2) is 6.07 Å². The van der Waals surface area contributed by atoms with Gasteiger partial charge in [0.25, 0.3) is 0 Å². The van der Waals surface area contributed by atoms with Crippen molar-refractivity contribution in [3.63, 3.8) is 0 Å². The Kier molecular flexibility index (Phi) is 3.01. The highest BCUT2D eigenvalue weighted by atomic mass is 16.2. The standard InChI is InChI=1S/C9H13N3O2/c1-6-4-8(12(3)11-6)10-9(14)5-7(2)13/h4H,5H2,1-3H3,(H,10,14). The Morgan fingerprint density at radius 3 is 2.64 bits per heavy atom. The maximum absolute atomic E-state index is 11.2. The normalized spacial score (nSPS) is 9.93. The zero-order chi connectivity index (χ0) is 10.7. The molecular formula is C9H13N3O2. The number of ketones is 1. The zero-order valence-electron chi connectivity index (χ0n) is 8.50. The van der Waals surface area contributed by atoms with Crippen molar-refractivity contribution in [2.45, 2.75) is 20.3 Å². The van der Waals surface area contributed by atoms with Crippen LogP contribution in [0.2, 0.25) is 0 Å². The number of nitrogens with one attached hydrogen (secondary N) is 1. The van der Waals surface area contributed by atoms with E-state index in [9.17, 15) is 9.59 Å². The number of rotatable bonds is 3. The average Bonchev–Trinajstić information content (AvgIpc) is 2.28. The van der Waals surface area contributed by atoms with Gasteiger partial charge in [-0.25, -0.2) is 0 Å². The number of carbonyl (C=O) groups excluding carboxylic acids is 2. The van der Waals surface area contributed by atoms with Gasteiger partial charge in [-0.3, -0.25) is 14.3 Å². The summed E-state index contributed by atoms with van der Waals surface area (Å²) in [7, 11) is 1.73. The largest absolute Gasteiger partial charge is 0.311 e. The van der Waals surface area contributed by atoms with E-state index in [4.69, 9.17) is 0 Å². The number of carbonyl (C=O) groups is 2. The van der Waals surface area contributed by atoms with Gasteiger partial charge in [-0.2, -0.15) is 5.10 Å². The molecule has 0 unspecified atom stereocenters. The molecule has 0 spiro atoms. The molecule has 0 aliphatic rings. The van der Waals surface area contributed by atoms with Crippen LogP contribution in [0, 0.1) is 6.92 Å². The minimum atomic E-state index is -0.305.